The molecular weight excluding hydrogens is 613 g/mol. The maximum atomic E-state index is 14.5. The van der Waals surface area contributed by atoms with Gasteiger partial charge in [-0.05, 0) is 59.0 Å². The lowest BCUT2D eigenvalue weighted by Gasteiger charge is -2.37. The molecule has 6 rings (SSSR count). The first-order chi connectivity index (χ1) is 23.2. The number of hydrogen-bond donors (Lipinski definition) is 0. The Hall–Kier alpha value is -5.57. The third kappa shape index (κ3) is 7.86. The molecule has 0 saturated carbocycles. The van der Waals surface area contributed by atoms with E-state index in [1.165, 1.54) is 23.8 Å². The van der Waals surface area contributed by atoms with E-state index in [9.17, 15) is 22.8 Å². The number of fused-ring (bicyclic) bond motifs is 1. The van der Waals surface area contributed by atoms with Gasteiger partial charge in [0.15, 0.2) is 0 Å². The number of alkyl halides is 3. The number of aromatic nitrogens is 2. The Bertz CT molecular complexity index is 1880. The molecule has 2 aromatic heterocycles. The summed E-state index contributed by atoms with van der Waals surface area (Å²) in [7, 11) is 0. The number of halogens is 3. The lowest BCUT2D eigenvalue weighted by molar-refractivity contribution is -0.144. The molecule has 2 amide bonds. The van der Waals surface area contributed by atoms with Crippen molar-refractivity contribution in [3.8, 4) is 11.3 Å². The van der Waals surface area contributed by atoms with Gasteiger partial charge in [0.2, 0.25) is 11.8 Å². The standard InChI is InChI=1S/C39H33F3N4O2/c40-39(41,42)33-17-18-34(44-25-33)19-20-37(47)46(26-29-13-15-31(16-14-29)35-12-6-7-22-43-35)36(24-28-8-2-1-3-9-28)38(48)45-23-21-30-10-4-5-11-32(30)27-45/h1-20,22,25,36H,21,23-24,26-27H2/t36-/m0/s1. The Balaban J connectivity index is 1.34. The van der Waals surface area contributed by atoms with Gasteiger partial charge in [0, 0.05) is 50.1 Å². The van der Waals surface area contributed by atoms with E-state index in [1.54, 1.807) is 11.1 Å². The highest BCUT2D eigenvalue weighted by atomic mass is 19.4. The average molecular weight is 647 g/mol. The van der Waals surface area contributed by atoms with E-state index in [1.807, 2.05) is 95.9 Å². The highest BCUT2D eigenvalue weighted by molar-refractivity contribution is 5.95. The molecule has 0 spiro atoms. The number of hydrogen-bond acceptors (Lipinski definition) is 4. The Morgan fingerprint density at radius 1 is 0.812 bits per heavy atom. The number of nitrogens with zero attached hydrogens (tertiary/aromatic N) is 4. The fourth-order valence-corrected chi connectivity index (χ4v) is 5.84. The van der Waals surface area contributed by atoms with Gasteiger partial charge in [0.1, 0.15) is 6.04 Å². The molecule has 9 heteroatoms. The van der Waals surface area contributed by atoms with Gasteiger partial charge in [0.25, 0.3) is 0 Å². The SMILES string of the molecule is O=C([C@H](Cc1ccccc1)N(Cc1ccc(-c2ccccn2)cc1)C(=O)C=Cc1ccc(C(F)(F)F)cn1)N1CCc2ccccc2C1. The van der Waals surface area contributed by atoms with E-state index in [-0.39, 0.29) is 24.6 Å². The van der Waals surface area contributed by atoms with Gasteiger partial charge in [-0.25, -0.2) is 0 Å². The van der Waals surface area contributed by atoms with Crippen molar-refractivity contribution in [2.45, 2.75) is 38.1 Å². The molecule has 1 aliphatic heterocycles. The summed E-state index contributed by atoms with van der Waals surface area (Å²) < 4.78 is 39.3. The maximum absolute atomic E-state index is 14.5. The minimum atomic E-state index is -4.52. The minimum Gasteiger partial charge on any atom is -0.336 e. The largest absolute Gasteiger partial charge is 0.417 e. The van der Waals surface area contributed by atoms with Crippen LogP contribution in [-0.4, -0.2) is 44.2 Å². The zero-order valence-corrected chi connectivity index (χ0v) is 26.1. The summed E-state index contributed by atoms with van der Waals surface area (Å²) in [5.74, 6) is -0.634. The molecule has 0 saturated heterocycles. The van der Waals surface area contributed by atoms with Crippen LogP contribution in [0.5, 0.6) is 0 Å². The number of amides is 2. The first-order valence-electron chi connectivity index (χ1n) is 15.7. The molecule has 0 N–H and O–H groups in total. The van der Waals surface area contributed by atoms with Crippen LogP contribution in [0.3, 0.4) is 0 Å². The van der Waals surface area contributed by atoms with E-state index < -0.39 is 23.7 Å². The topological polar surface area (TPSA) is 66.4 Å². The van der Waals surface area contributed by atoms with Crippen molar-refractivity contribution >= 4 is 17.9 Å². The second kappa shape index (κ2) is 14.5. The quantitative estimate of drug-likeness (QED) is 0.157. The van der Waals surface area contributed by atoms with Crippen molar-refractivity contribution in [2.24, 2.45) is 0 Å². The molecule has 242 valence electrons. The van der Waals surface area contributed by atoms with Crippen molar-refractivity contribution in [1.29, 1.82) is 0 Å². The predicted molar refractivity (Wildman–Crippen MR) is 178 cm³/mol. The monoisotopic (exact) mass is 646 g/mol. The molecule has 1 aliphatic rings. The zero-order chi connectivity index (χ0) is 33.5. The molecule has 6 nitrogen and oxygen atoms in total. The smallest absolute Gasteiger partial charge is 0.336 e. The molecule has 3 aromatic carbocycles. The molecular formula is C39H33F3N4O2. The number of carbonyl (C=O) groups is 2. The van der Waals surface area contributed by atoms with Crippen LogP contribution in [0.25, 0.3) is 17.3 Å². The normalized spacial score (nSPS) is 13.6. The number of benzene rings is 3. The van der Waals surface area contributed by atoms with Gasteiger partial charge < -0.3 is 9.80 Å². The van der Waals surface area contributed by atoms with Crippen LogP contribution in [-0.2, 0) is 41.7 Å². The minimum absolute atomic E-state index is 0.125. The Kier molecular flexibility index (Phi) is 9.75. The highest BCUT2D eigenvalue weighted by Gasteiger charge is 2.34. The van der Waals surface area contributed by atoms with E-state index in [0.717, 1.165) is 40.2 Å². The van der Waals surface area contributed by atoms with E-state index in [4.69, 9.17) is 0 Å². The Labute approximate surface area is 277 Å². The van der Waals surface area contributed by atoms with Gasteiger partial charge >= 0.3 is 6.18 Å². The maximum Gasteiger partial charge on any atom is 0.417 e. The molecule has 0 unspecified atom stereocenters. The van der Waals surface area contributed by atoms with Crippen molar-refractivity contribution in [3.63, 3.8) is 0 Å². The van der Waals surface area contributed by atoms with Crippen LogP contribution >= 0.6 is 0 Å². The average Bonchev–Trinajstić information content (AvgIpc) is 3.12. The lowest BCUT2D eigenvalue weighted by Crippen LogP contribution is -2.52. The van der Waals surface area contributed by atoms with Crippen LogP contribution in [0.1, 0.15) is 33.5 Å². The third-order valence-electron chi connectivity index (χ3n) is 8.44. The summed E-state index contributed by atoms with van der Waals surface area (Å²) in [5, 5.41) is 0. The molecule has 0 bridgehead atoms. The van der Waals surface area contributed by atoms with Gasteiger partial charge in [-0.3, -0.25) is 19.6 Å². The number of carbonyl (C=O) groups excluding carboxylic acids is 2. The van der Waals surface area contributed by atoms with E-state index >= 15 is 0 Å². The second-order valence-electron chi connectivity index (χ2n) is 11.7. The predicted octanol–water partition coefficient (Wildman–Crippen LogP) is 7.40. The zero-order valence-electron chi connectivity index (χ0n) is 26.1. The molecule has 3 heterocycles. The molecule has 48 heavy (non-hydrogen) atoms. The number of pyridine rings is 2. The molecule has 5 aromatic rings. The molecule has 1 atom stereocenters. The first-order valence-corrected chi connectivity index (χ1v) is 15.7. The molecule has 0 fully saturated rings. The summed E-state index contributed by atoms with van der Waals surface area (Å²) >= 11 is 0. The van der Waals surface area contributed by atoms with Crippen LogP contribution < -0.4 is 0 Å². The van der Waals surface area contributed by atoms with Crippen LogP contribution in [0, 0.1) is 0 Å². The van der Waals surface area contributed by atoms with Gasteiger partial charge in [0.05, 0.1) is 17.0 Å². The highest BCUT2D eigenvalue weighted by Crippen LogP contribution is 2.29. The van der Waals surface area contributed by atoms with Crippen molar-refractivity contribution < 1.29 is 22.8 Å². The van der Waals surface area contributed by atoms with Crippen molar-refractivity contribution in [1.82, 2.24) is 19.8 Å². The summed E-state index contributed by atoms with van der Waals surface area (Å²) in [6.07, 6.45) is 1.58. The van der Waals surface area contributed by atoms with Gasteiger partial charge in [-0.2, -0.15) is 13.2 Å². The summed E-state index contributed by atoms with van der Waals surface area (Å²) in [6.45, 7) is 1.08. The van der Waals surface area contributed by atoms with Crippen LogP contribution in [0.2, 0.25) is 0 Å². The summed E-state index contributed by atoms with van der Waals surface area (Å²) in [6, 6.07) is 32.2. The third-order valence-corrected chi connectivity index (χ3v) is 8.44. The second-order valence-corrected chi connectivity index (χ2v) is 11.7. The molecule has 0 radical (unpaired) electrons. The van der Waals surface area contributed by atoms with Gasteiger partial charge in [-0.1, -0.05) is 84.9 Å². The van der Waals surface area contributed by atoms with Crippen LogP contribution in [0.15, 0.2) is 128 Å². The fraction of sp³-hybridized carbons (Fsp3) is 0.179. The summed E-state index contributed by atoms with van der Waals surface area (Å²) in [4.78, 5) is 40.2. The van der Waals surface area contributed by atoms with E-state index in [2.05, 4.69) is 16.0 Å². The summed E-state index contributed by atoms with van der Waals surface area (Å²) in [5.41, 5.74) is 5.01. The van der Waals surface area contributed by atoms with Gasteiger partial charge in [-0.15, -0.1) is 0 Å². The lowest BCUT2D eigenvalue weighted by atomic mass is 9.97. The fourth-order valence-electron chi connectivity index (χ4n) is 5.84. The first kappa shape index (κ1) is 32.4. The van der Waals surface area contributed by atoms with E-state index in [0.29, 0.717) is 19.5 Å². The number of rotatable bonds is 9. The van der Waals surface area contributed by atoms with Crippen LogP contribution in [0.4, 0.5) is 13.2 Å². The Morgan fingerprint density at radius 2 is 1.54 bits per heavy atom. The van der Waals surface area contributed by atoms with Crippen molar-refractivity contribution in [3.05, 3.63) is 161 Å². The molecule has 0 aliphatic carbocycles. The van der Waals surface area contributed by atoms with Crippen molar-refractivity contribution in [2.75, 3.05) is 6.54 Å². The Morgan fingerprint density at radius 3 is 2.23 bits per heavy atom.